The van der Waals surface area contributed by atoms with Crippen molar-refractivity contribution in [2.24, 2.45) is 0 Å². The maximum Gasteiger partial charge on any atom is 0.283 e. The Morgan fingerprint density at radius 3 is 2.83 bits per heavy atom. The van der Waals surface area contributed by atoms with Crippen LogP contribution < -0.4 is 10.9 Å². The summed E-state index contributed by atoms with van der Waals surface area (Å²) in [6.07, 6.45) is 0. The zero-order valence-electron chi connectivity index (χ0n) is 11.8. The predicted molar refractivity (Wildman–Crippen MR) is 89.3 cm³/mol. The van der Waals surface area contributed by atoms with Crippen LogP contribution in [0, 0.1) is 11.6 Å². The Labute approximate surface area is 142 Å². The van der Waals surface area contributed by atoms with E-state index in [-0.39, 0.29) is 16.4 Å². The van der Waals surface area contributed by atoms with Crippen molar-refractivity contribution in [1.29, 1.82) is 0 Å². The van der Waals surface area contributed by atoms with Crippen molar-refractivity contribution < 1.29 is 8.78 Å². The van der Waals surface area contributed by atoms with E-state index in [1.807, 2.05) is 0 Å². The first-order valence-corrected chi connectivity index (χ1v) is 7.92. The number of halogens is 3. The van der Waals surface area contributed by atoms with Gasteiger partial charge in [0.15, 0.2) is 0 Å². The molecule has 24 heavy (non-hydrogen) atoms. The monoisotopic (exact) mass is 364 g/mol. The van der Waals surface area contributed by atoms with Gasteiger partial charge in [0, 0.05) is 11.1 Å². The topological polar surface area (TPSA) is 59.3 Å². The summed E-state index contributed by atoms with van der Waals surface area (Å²) in [5.74, 6) is -1.22. The first-order valence-electron chi connectivity index (χ1n) is 6.72. The molecule has 0 radical (unpaired) electrons. The summed E-state index contributed by atoms with van der Waals surface area (Å²) in [7, 11) is 0. The van der Waals surface area contributed by atoms with Gasteiger partial charge in [0.25, 0.3) is 5.56 Å². The number of rotatable bonds is 2. The summed E-state index contributed by atoms with van der Waals surface area (Å²) < 4.78 is 28.1. The molecule has 0 aliphatic heterocycles. The lowest BCUT2D eigenvalue weighted by molar-refractivity contribution is 0.603. The summed E-state index contributed by atoms with van der Waals surface area (Å²) in [5.41, 5.74) is 0.00465. The molecule has 2 heterocycles. The third-order valence-corrected chi connectivity index (χ3v) is 4.39. The molecule has 4 aromatic rings. The van der Waals surface area contributed by atoms with Gasteiger partial charge in [-0.3, -0.25) is 4.79 Å². The van der Waals surface area contributed by atoms with E-state index in [1.54, 1.807) is 18.2 Å². The number of fused-ring (bicyclic) bond motifs is 2. The first kappa shape index (κ1) is 15.0. The van der Waals surface area contributed by atoms with Gasteiger partial charge >= 0.3 is 0 Å². The molecule has 0 fully saturated rings. The average molecular weight is 365 g/mol. The highest BCUT2D eigenvalue weighted by Crippen LogP contribution is 2.25. The summed E-state index contributed by atoms with van der Waals surface area (Å²) in [5, 5.41) is 7.78. The van der Waals surface area contributed by atoms with Gasteiger partial charge in [0.05, 0.1) is 16.6 Å². The molecule has 0 saturated carbocycles. The highest BCUT2D eigenvalue weighted by molar-refractivity contribution is 7.20. The van der Waals surface area contributed by atoms with Gasteiger partial charge in [-0.05, 0) is 30.3 Å². The van der Waals surface area contributed by atoms with Gasteiger partial charge in [-0.15, -0.1) is 5.10 Å². The summed E-state index contributed by atoms with van der Waals surface area (Å²) in [4.78, 5) is 17.1. The van der Waals surface area contributed by atoms with Crippen molar-refractivity contribution in [2.75, 3.05) is 5.32 Å². The van der Waals surface area contributed by atoms with E-state index in [1.165, 1.54) is 0 Å². The third kappa shape index (κ3) is 2.49. The summed E-state index contributed by atoms with van der Waals surface area (Å²) in [6, 6.07) is 7.77. The van der Waals surface area contributed by atoms with Crippen LogP contribution in [-0.4, -0.2) is 14.6 Å². The van der Waals surface area contributed by atoms with Gasteiger partial charge in [-0.25, -0.2) is 13.8 Å². The van der Waals surface area contributed by atoms with Crippen molar-refractivity contribution in [2.45, 2.75) is 0 Å². The quantitative estimate of drug-likeness (QED) is 0.584. The van der Waals surface area contributed by atoms with Crippen LogP contribution in [0.3, 0.4) is 0 Å². The minimum absolute atomic E-state index is 0.0743. The highest BCUT2D eigenvalue weighted by atomic mass is 35.5. The van der Waals surface area contributed by atoms with Crippen molar-refractivity contribution in [3.8, 4) is 0 Å². The predicted octanol–water partition coefficient (Wildman–Crippen LogP) is 3.98. The fourth-order valence-corrected chi connectivity index (χ4v) is 3.22. The second-order valence-corrected chi connectivity index (χ2v) is 6.32. The molecule has 0 saturated heterocycles. The van der Waals surface area contributed by atoms with E-state index < -0.39 is 11.6 Å². The Kier molecular flexibility index (Phi) is 3.43. The number of nitrogens with one attached hydrogen (secondary N) is 1. The molecule has 1 N–H and O–H groups in total. The van der Waals surface area contributed by atoms with E-state index in [0.717, 1.165) is 34.1 Å². The molecule has 0 bridgehead atoms. The molecule has 120 valence electrons. The highest BCUT2D eigenvalue weighted by Gasteiger charge is 2.13. The molecule has 0 amide bonds. The zero-order chi connectivity index (χ0) is 16.8. The minimum atomic E-state index is -0.632. The van der Waals surface area contributed by atoms with Crippen molar-refractivity contribution in [1.82, 2.24) is 14.6 Å². The Balaban J connectivity index is 1.86. The van der Waals surface area contributed by atoms with Gasteiger partial charge in [0.1, 0.15) is 11.6 Å². The Bertz CT molecular complexity index is 1160. The smallest absolute Gasteiger partial charge is 0.283 e. The van der Waals surface area contributed by atoms with Crippen LogP contribution in [0.15, 0.2) is 41.2 Å². The number of anilines is 2. The number of nitrogens with zero attached hydrogens (tertiary/aromatic N) is 3. The standard InChI is InChI=1S/C15H7ClF2N4OS/c16-7-1-3-9-11(5-7)20-15-22(13(9)23)21-14(24-15)19-12-6-8(17)2-4-10(12)18/h1-6H,(H,19,21). The van der Waals surface area contributed by atoms with E-state index in [9.17, 15) is 13.6 Å². The molecule has 4 rings (SSSR count). The molecule has 0 unspecified atom stereocenters. The number of hydrogen-bond acceptors (Lipinski definition) is 5. The average Bonchev–Trinajstić information content (AvgIpc) is 2.93. The lowest BCUT2D eigenvalue weighted by Gasteiger charge is -2.02. The second kappa shape index (κ2) is 5.50. The lowest BCUT2D eigenvalue weighted by atomic mass is 10.2. The van der Waals surface area contributed by atoms with E-state index >= 15 is 0 Å². The van der Waals surface area contributed by atoms with Gasteiger partial charge in [0.2, 0.25) is 10.1 Å². The minimum Gasteiger partial charge on any atom is -0.328 e. The molecule has 2 aromatic heterocycles. The Hall–Kier alpha value is -2.58. The molecule has 0 atom stereocenters. The van der Waals surface area contributed by atoms with Gasteiger partial charge in [-0.1, -0.05) is 22.9 Å². The van der Waals surface area contributed by atoms with Crippen LogP contribution in [0.25, 0.3) is 15.9 Å². The van der Waals surface area contributed by atoms with Crippen molar-refractivity contribution in [3.63, 3.8) is 0 Å². The molecular weight excluding hydrogens is 358 g/mol. The van der Waals surface area contributed by atoms with Crippen LogP contribution in [0.5, 0.6) is 0 Å². The maximum atomic E-state index is 13.7. The second-order valence-electron chi connectivity index (χ2n) is 4.93. The number of benzene rings is 2. The number of aromatic nitrogens is 3. The Morgan fingerprint density at radius 1 is 1.17 bits per heavy atom. The molecular formula is C15H7ClF2N4OS. The Morgan fingerprint density at radius 2 is 2.00 bits per heavy atom. The lowest BCUT2D eigenvalue weighted by Crippen LogP contribution is -2.15. The molecule has 2 aromatic carbocycles. The van der Waals surface area contributed by atoms with E-state index in [0.29, 0.717) is 20.9 Å². The largest absolute Gasteiger partial charge is 0.328 e. The van der Waals surface area contributed by atoms with Crippen LogP contribution in [0.2, 0.25) is 5.02 Å². The van der Waals surface area contributed by atoms with Crippen LogP contribution in [0.4, 0.5) is 19.6 Å². The van der Waals surface area contributed by atoms with E-state index in [2.05, 4.69) is 15.4 Å². The van der Waals surface area contributed by atoms with Crippen molar-refractivity contribution >= 4 is 49.6 Å². The molecule has 0 aliphatic rings. The first-order chi connectivity index (χ1) is 11.5. The van der Waals surface area contributed by atoms with Crippen LogP contribution in [0.1, 0.15) is 0 Å². The van der Waals surface area contributed by atoms with Crippen molar-refractivity contribution in [3.05, 3.63) is 63.4 Å². The third-order valence-electron chi connectivity index (χ3n) is 3.33. The van der Waals surface area contributed by atoms with E-state index in [4.69, 9.17) is 11.6 Å². The zero-order valence-corrected chi connectivity index (χ0v) is 13.3. The molecule has 9 heteroatoms. The fourth-order valence-electron chi connectivity index (χ4n) is 2.24. The maximum absolute atomic E-state index is 13.7. The molecule has 0 spiro atoms. The summed E-state index contributed by atoms with van der Waals surface area (Å²) in [6.45, 7) is 0. The SMILES string of the molecule is O=c1c2ccc(Cl)cc2nc2sc(Nc3cc(F)ccc3F)nn12. The summed E-state index contributed by atoms with van der Waals surface area (Å²) >= 11 is 6.96. The van der Waals surface area contributed by atoms with Gasteiger partial charge in [-0.2, -0.15) is 4.52 Å². The molecule has 5 nitrogen and oxygen atoms in total. The van der Waals surface area contributed by atoms with Gasteiger partial charge < -0.3 is 5.32 Å². The van der Waals surface area contributed by atoms with Crippen LogP contribution >= 0.6 is 22.9 Å². The molecule has 0 aliphatic carbocycles. The fraction of sp³-hybridized carbons (Fsp3) is 0. The number of hydrogen-bond donors (Lipinski definition) is 1. The normalized spacial score (nSPS) is 11.3. The van der Waals surface area contributed by atoms with Crippen LogP contribution in [-0.2, 0) is 0 Å².